The fourth-order valence-corrected chi connectivity index (χ4v) is 1.79. The topological polar surface area (TPSA) is 25.4 Å². The van der Waals surface area contributed by atoms with Crippen LogP contribution in [0, 0.1) is 11.7 Å². The molecule has 0 bridgehead atoms. The Kier molecular flexibility index (Phi) is 3.39. The van der Waals surface area contributed by atoms with Crippen molar-refractivity contribution in [1.29, 1.82) is 0 Å². The van der Waals surface area contributed by atoms with E-state index in [4.69, 9.17) is 4.74 Å². The largest absolute Gasteiger partial charge is 0.378 e. The molecule has 1 aliphatic heterocycles. The molecule has 1 saturated heterocycles. The van der Waals surface area contributed by atoms with Crippen LogP contribution in [0.25, 0.3) is 0 Å². The molecule has 0 radical (unpaired) electrons. The second-order valence-electron chi connectivity index (χ2n) is 4.46. The lowest BCUT2D eigenvalue weighted by Crippen LogP contribution is -2.49. The fraction of sp³-hybridized carbons (Fsp3) is 0.583. The van der Waals surface area contributed by atoms with Crippen LogP contribution in [0.1, 0.15) is 13.8 Å². The van der Waals surface area contributed by atoms with Gasteiger partial charge in [-0.2, -0.15) is 0 Å². The van der Waals surface area contributed by atoms with Crippen molar-refractivity contribution >= 4 is 5.82 Å². The van der Waals surface area contributed by atoms with Crippen molar-refractivity contribution in [3.8, 4) is 0 Å². The van der Waals surface area contributed by atoms with Gasteiger partial charge in [-0.1, -0.05) is 0 Å². The number of hydrogen-bond acceptors (Lipinski definition) is 3. The van der Waals surface area contributed by atoms with Crippen molar-refractivity contribution < 1.29 is 9.13 Å². The van der Waals surface area contributed by atoms with Gasteiger partial charge >= 0.3 is 0 Å². The lowest BCUT2D eigenvalue weighted by molar-refractivity contribution is 0.0435. The van der Waals surface area contributed by atoms with E-state index >= 15 is 0 Å². The quantitative estimate of drug-likeness (QED) is 0.783. The first kappa shape index (κ1) is 11.3. The maximum atomic E-state index is 13.4. The number of pyridine rings is 1. The summed E-state index contributed by atoms with van der Waals surface area (Å²) in [5.41, 5.74) is 0. The van der Waals surface area contributed by atoms with Gasteiger partial charge in [-0.05, 0) is 26.0 Å². The summed E-state index contributed by atoms with van der Waals surface area (Å²) in [5, 5.41) is 0. The van der Waals surface area contributed by atoms with E-state index in [2.05, 4.69) is 4.98 Å². The highest BCUT2D eigenvalue weighted by Crippen LogP contribution is 2.25. The highest BCUT2D eigenvalue weighted by molar-refractivity contribution is 5.42. The van der Waals surface area contributed by atoms with E-state index in [-0.39, 0.29) is 11.9 Å². The first-order valence-corrected chi connectivity index (χ1v) is 5.64. The third kappa shape index (κ3) is 2.50. The van der Waals surface area contributed by atoms with Crippen LogP contribution >= 0.6 is 0 Å². The second-order valence-corrected chi connectivity index (χ2v) is 4.46. The molecule has 0 N–H and O–H groups in total. The van der Waals surface area contributed by atoms with E-state index in [1.807, 2.05) is 18.7 Å². The molecule has 1 fully saturated rings. The summed E-state index contributed by atoms with van der Waals surface area (Å²) < 4.78 is 18.9. The molecule has 16 heavy (non-hydrogen) atoms. The van der Waals surface area contributed by atoms with E-state index in [1.54, 1.807) is 12.3 Å². The van der Waals surface area contributed by atoms with Crippen LogP contribution in [0.4, 0.5) is 10.2 Å². The molecule has 1 aromatic rings. The predicted molar refractivity (Wildman–Crippen MR) is 61.0 cm³/mol. The zero-order chi connectivity index (χ0) is 11.5. The molecule has 0 atom stereocenters. The summed E-state index contributed by atoms with van der Waals surface area (Å²) in [7, 11) is 0. The summed E-state index contributed by atoms with van der Waals surface area (Å²) >= 11 is 0. The molecular formula is C12H17FN2O. The highest BCUT2D eigenvalue weighted by atomic mass is 19.1. The van der Waals surface area contributed by atoms with E-state index < -0.39 is 0 Å². The highest BCUT2D eigenvalue weighted by Gasteiger charge is 2.29. The van der Waals surface area contributed by atoms with Crippen LogP contribution in [0.2, 0.25) is 0 Å². The number of anilines is 1. The van der Waals surface area contributed by atoms with E-state index in [0.717, 1.165) is 19.7 Å². The summed E-state index contributed by atoms with van der Waals surface area (Å²) in [6.07, 6.45) is 1.89. The minimum atomic E-state index is -0.245. The smallest absolute Gasteiger partial charge is 0.165 e. The molecule has 0 amide bonds. The van der Waals surface area contributed by atoms with Gasteiger partial charge in [0.25, 0.3) is 0 Å². The van der Waals surface area contributed by atoms with Gasteiger partial charge in [0, 0.05) is 25.2 Å². The lowest BCUT2D eigenvalue weighted by atomic mass is 10.0. The minimum Gasteiger partial charge on any atom is -0.378 e. The molecule has 2 heterocycles. The summed E-state index contributed by atoms with van der Waals surface area (Å²) in [4.78, 5) is 5.99. The first-order chi connectivity index (χ1) is 7.66. The molecule has 0 unspecified atom stereocenters. The Hall–Kier alpha value is -1.16. The second kappa shape index (κ2) is 4.78. The van der Waals surface area contributed by atoms with Crippen molar-refractivity contribution in [3.05, 3.63) is 24.1 Å². The fourth-order valence-electron chi connectivity index (χ4n) is 1.79. The maximum absolute atomic E-state index is 13.4. The zero-order valence-electron chi connectivity index (χ0n) is 9.69. The Balaban J connectivity index is 1.82. The molecule has 1 aliphatic rings. The lowest BCUT2D eigenvalue weighted by Gasteiger charge is -2.40. The number of rotatable bonds is 4. The Morgan fingerprint density at radius 2 is 2.31 bits per heavy atom. The van der Waals surface area contributed by atoms with Crippen molar-refractivity contribution in [2.45, 2.75) is 20.0 Å². The van der Waals surface area contributed by atoms with Gasteiger partial charge in [-0.25, -0.2) is 9.37 Å². The van der Waals surface area contributed by atoms with Crippen LogP contribution in [-0.2, 0) is 4.74 Å². The molecule has 88 valence electrons. The average molecular weight is 224 g/mol. The Labute approximate surface area is 95.2 Å². The van der Waals surface area contributed by atoms with E-state index in [1.165, 1.54) is 6.07 Å². The minimum absolute atomic E-state index is 0.245. The molecular weight excluding hydrogens is 207 g/mol. The van der Waals surface area contributed by atoms with Crippen LogP contribution in [-0.4, -0.2) is 30.8 Å². The summed E-state index contributed by atoms with van der Waals surface area (Å²) in [5.74, 6) is 0.720. The van der Waals surface area contributed by atoms with Crippen molar-refractivity contribution in [2.24, 2.45) is 5.92 Å². The molecule has 2 rings (SSSR count). The molecule has 4 heteroatoms. The maximum Gasteiger partial charge on any atom is 0.165 e. The van der Waals surface area contributed by atoms with Crippen molar-refractivity contribution in [2.75, 3.05) is 24.6 Å². The van der Waals surface area contributed by atoms with E-state index in [9.17, 15) is 4.39 Å². The van der Waals surface area contributed by atoms with E-state index in [0.29, 0.717) is 11.7 Å². The van der Waals surface area contributed by atoms with Gasteiger partial charge in [0.1, 0.15) is 0 Å². The molecule has 3 nitrogen and oxygen atoms in total. The van der Waals surface area contributed by atoms with Crippen LogP contribution in [0.3, 0.4) is 0 Å². The Bertz CT molecular complexity index is 351. The van der Waals surface area contributed by atoms with Gasteiger partial charge < -0.3 is 9.64 Å². The van der Waals surface area contributed by atoms with Crippen LogP contribution < -0.4 is 4.90 Å². The Morgan fingerprint density at radius 1 is 1.56 bits per heavy atom. The van der Waals surface area contributed by atoms with Gasteiger partial charge in [0.05, 0.1) is 12.7 Å². The monoisotopic (exact) mass is 224 g/mol. The van der Waals surface area contributed by atoms with Gasteiger partial charge in [-0.15, -0.1) is 0 Å². The molecule has 0 saturated carbocycles. The van der Waals surface area contributed by atoms with Crippen LogP contribution in [0.15, 0.2) is 18.3 Å². The average Bonchev–Trinajstić information content (AvgIpc) is 2.17. The van der Waals surface area contributed by atoms with Crippen molar-refractivity contribution in [3.63, 3.8) is 0 Å². The standard InChI is InChI=1S/C12H17FN2O/c1-9(2)16-8-10-6-15(7-10)12-11(13)4-3-5-14-12/h3-5,9-10H,6-8H2,1-2H3. The molecule has 0 spiro atoms. The SMILES string of the molecule is CC(C)OCC1CN(c2ncccc2F)C1. The number of nitrogens with zero attached hydrogens (tertiary/aromatic N) is 2. The van der Waals surface area contributed by atoms with Gasteiger partial charge in [0.15, 0.2) is 11.6 Å². The number of hydrogen-bond donors (Lipinski definition) is 0. The zero-order valence-corrected chi connectivity index (χ0v) is 9.69. The third-order valence-electron chi connectivity index (χ3n) is 2.66. The number of ether oxygens (including phenoxy) is 1. The first-order valence-electron chi connectivity index (χ1n) is 5.64. The van der Waals surface area contributed by atoms with Gasteiger partial charge in [0.2, 0.25) is 0 Å². The molecule has 1 aromatic heterocycles. The number of halogens is 1. The van der Waals surface area contributed by atoms with Gasteiger partial charge in [-0.3, -0.25) is 0 Å². The van der Waals surface area contributed by atoms with Crippen LogP contribution in [0.5, 0.6) is 0 Å². The number of aromatic nitrogens is 1. The third-order valence-corrected chi connectivity index (χ3v) is 2.66. The molecule has 0 aromatic carbocycles. The summed E-state index contributed by atoms with van der Waals surface area (Å²) in [6, 6.07) is 3.05. The predicted octanol–water partition coefficient (Wildman–Crippen LogP) is 2.08. The van der Waals surface area contributed by atoms with Crippen molar-refractivity contribution in [1.82, 2.24) is 4.98 Å². The molecule has 0 aliphatic carbocycles. The normalized spacial score (nSPS) is 16.6. The summed E-state index contributed by atoms with van der Waals surface area (Å²) in [6.45, 7) is 6.47. The Morgan fingerprint density at radius 3 is 2.94 bits per heavy atom.